The molecule has 2 saturated heterocycles. The fourth-order valence-electron chi connectivity index (χ4n) is 5.27. The van der Waals surface area contributed by atoms with Gasteiger partial charge in [-0.1, -0.05) is 36.4 Å². The van der Waals surface area contributed by atoms with Gasteiger partial charge in [0.05, 0.1) is 11.6 Å². The fourth-order valence-corrected chi connectivity index (χ4v) is 5.27. The highest BCUT2D eigenvalue weighted by molar-refractivity contribution is 5.96. The number of likely N-dealkylation sites (N-methyl/N-ethyl adjacent to an activating group) is 1. The number of hydrogen-bond acceptors (Lipinski definition) is 2. The van der Waals surface area contributed by atoms with Crippen LogP contribution in [0.15, 0.2) is 48.5 Å². The molecule has 29 heavy (non-hydrogen) atoms. The number of carbonyl (C=O) groups excluding carboxylic acids is 1. The van der Waals surface area contributed by atoms with E-state index in [0.29, 0.717) is 6.04 Å². The van der Waals surface area contributed by atoms with Crippen LogP contribution in [0.25, 0.3) is 0 Å². The molecule has 0 radical (unpaired) electrons. The maximum absolute atomic E-state index is 13.3. The molecule has 0 saturated carbocycles. The Morgan fingerprint density at radius 3 is 2.31 bits per heavy atom. The molecule has 0 spiro atoms. The van der Waals surface area contributed by atoms with Crippen molar-refractivity contribution in [3.8, 4) is 0 Å². The van der Waals surface area contributed by atoms with Crippen LogP contribution in [-0.4, -0.2) is 29.4 Å². The number of nitrogens with one attached hydrogen (secondary N) is 1. The number of hydrogen-bond donors (Lipinski definition) is 1. The SMILES string of the molecule is Cc1c(C(=O)NC(c2ccccc2)C23CCC(CC2)N3C)cccc1C(F)(F)F. The van der Waals surface area contributed by atoms with E-state index in [1.165, 1.54) is 19.1 Å². The molecule has 1 unspecified atom stereocenters. The van der Waals surface area contributed by atoms with Crippen molar-refractivity contribution in [3.63, 3.8) is 0 Å². The summed E-state index contributed by atoms with van der Waals surface area (Å²) in [5, 5.41) is 3.11. The molecule has 154 valence electrons. The summed E-state index contributed by atoms with van der Waals surface area (Å²) in [5.41, 5.74) is 0.0635. The van der Waals surface area contributed by atoms with Gasteiger partial charge in [0.1, 0.15) is 0 Å². The minimum absolute atomic E-state index is 0.0362. The molecule has 2 bridgehead atoms. The molecule has 3 nitrogen and oxygen atoms in total. The Morgan fingerprint density at radius 1 is 1.10 bits per heavy atom. The Bertz CT molecular complexity index is 902. The lowest BCUT2D eigenvalue weighted by atomic mass is 9.78. The predicted octanol–water partition coefficient (Wildman–Crippen LogP) is 5.11. The van der Waals surface area contributed by atoms with Crippen molar-refractivity contribution in [1.29, 1.82) is 0 Å². The van der Waals surface area contributed by atoms with Gasteiger partial charge in [-0.05, 0) is 62.9 Å². The van der Waals surface area contributed by atoms with E-state index in [9.17, 15) is 18.0 Å². The molecule has 0 aromatic heterocycles. The zero-order valence-corrected chi connectivity index (χ0v) is 16.6. The van der Waals surface area contributed by atoms with E-state index in [4.69, 9.17) is 0 Å². The average molecular weight is 402 g/mol. The van der Waals surface area contributed by atoms with Gasteiger partial charge >= 0.3 is 6.18 Å². The molecule has 1 N–H and O–H groups in total. The summed E-state index contributed by atoms with van der Waals surface area (Å²) in [6, 6.07) is 13.8. The van der Waals surface area contributed by atoms with Crippen molar-refractivity contribution in [3.05, 3.63) is 70.8 Å². The van der Waals surface area contributed by atoms with Gasteiger partial charge in [-0.25, -0.2) is 0 Å². The summed E-state index contributed by atoms with van der Waals surface area (Å²) in [5.74, 6) is -0.458. The Kier molecular flexibility index (Phi) is 4.93. The largest absolute Gasteiger partial charge is 0.416 e. The lowest BCUT2D eigenvalue weighted by Crippen LogP contribution is -2.51. The van der Waals surface area contributed by atoms with Gasteiger partial charge in [0.15, 0.2) is 0 Å². The third-order valence-corrected chi connectivity index (χ3v) is 6.90. The third-order valence-electron chi connectivity index (χ3n) is 6.90. The lowest BCUT2D eigenvalue weighted by Gasteiger charge is -2.41. The second-order valence-electron chi connectivity index (χ2n) is 8.24. The third kappa shape index (κ3) is 3.33. The van der Waals surface area contributed by atoms with Crippen molar-refractivity contribution in [2.24, 2.45) is 0 Å². The van der Waals surface area contributed by atoms with Crippen LogP contribution in [0.3, 0.4) is 0 Å². The number of alkyl halides is 3. The second kappa shape index (κ2) is 7.17. The molecule has 4 rings (SSSR count). The molecule has 2 heterocycles. The summed E-state index contributed by atoms with van der Waals surface area (Å²) in [6.45, 7) is 1.36. The number of halogens is 3. The highest BCUT2D eigenvalue weighted by Gasteiger charge is 2.54. The smallest absolute Gasteiger partial charge is 0.343 e. The first-order chi connectivity index (χ1) is 13.7. The molecule has 0 aliphatic carbocycles. The van der Waals surface area contributed by atoms with Gasteiger partial charge in [-0.2, -0.15) is 13.2 Å². The summed E-state index contributed by atoms with van der Waals surface area (Å²) in [6.07, 6.45) is -0.385. The molecule has 2 aromatic carbocycles. The fraction of sp³-hybridized carbons (Fsp3) is 0.435. The van der Waals surface area contributed by atoms with Crippen molar-refractivity contribution in [2.45, 2.75) is 56.4 Å². The standard InChI is InChI=1S/C23H25F3N2O/c1-15-18(9-6-10-19(15)23(24,25)26)21(29)27-20(16-7-4-3-5-8-16)22-13-11-17(12-14-22)28(22)2/h3-10,17,20H,11-14H2,1-2H3,(H,27,29). The summed E-state index contributed by atoms with van der Waals surface area (Å²) in [4.78, 5) is 15.5. The number of nitrogens with zero attached hydrogens (tertiary/aromatic N) is 1. The van der Waals surface area contributed by atoms with Crippen molar-refractivity contribution < 1.29 is 18.0 Å². The lowest BCUT2D eigenvalue weighted by molar-refractivity contribution is -0.138. The molecule has 2 aliphatic heterocycles. The van der Waals surface area contributed by atoms with Gasteiger partial charge in [-0.15, -0.1) is 0 Å². The van der Waals surface area contributed by atoms with Gasteiger partial charge in [0, 0.05) is 17.1 Å². The number of fused-ring (bicyclic) bond motifs is 2. The summed E-state index contributed by atoms with van der Waals surface area (Å²) < 4.78 is 39.9. The highest BCUT2D eigenvalue weighted by atomic mass is 19.4. The average Bonchev–Trinajstić information content (AvgIpc) is 3.18. The zero-order valence-electron chi connectivity index (χ0n) is 16.6. The predicted molar refractivity (Wildman–Crippen MR) is 106 cm³/mol. The van der Waals surface area contributed by atoms with E-state index < -0.39 is 17.6 Å². The monoisotopic (exact) mass is 402 g/mol. The molecule has 2 fully saturated rings. The van der Waals surface area contributed by atoms with Gasteiger partial charge in [0.2, 0.25) is 0 Å². The van der Waals surface area contributed by atoms with Crippen LogP contribution in [-0.2, 0) is 6.18 Å². The van der Waals surface area contributed by atoms with Gasteiger partial charge in [-0.3, -0.25) is 9.69 Å². The summed E-state index contributed by atoms with van der Waals surface area (Å²) >= 11 is 0. The maximum Gasteiger partial charge on any atom is 0.416 e. The van der Waals surface area contributed by atoms with E-state index in [2.05, 4.69) is 17.3 Å². The first-order valence-electron chi connectivity index (χ1n) is 9.99. The van der Waals surface area contributed by atoms with E-state index in [1.54, 1.807) is 0 Å². The maximum atomic E-state index is 13.3. The molecule has 2 aliphatic rings. The van der Waals surface area contributed by atoms with Crippen molar-refractivity contribution in [1.82, 2.24) is 10.2 Å². The van der Waals surface area contributed by atoms with Crippen molar-refractivity contribution >= 4 is 5.91 Å². The quantitative estimate of drug-likeness (QED) is 0.771. The second-order valence-corrected chi connectivity index (χ2v) is 8.24. The van der Waals surface area contributed by atoms with Crippen LogP contribution in [0.2, 0.25) is 0 Å². The van der Waals surface area contributed by atoms with Crippen LogP contribution < -0.4 is 5.32 Å². The number of amides is 1. The zero-order chi connectivity index (χ0) is 20.8. The Balaban J connectivity index is 1.71. The Morgan fingerprint density at radius 2 is 1.76 bits per heavy atom. The van der Waals surface area contributed by atoms with Crippen LogP contribution >= 0.6 is 0 Å². The number of benzene rings is 2. The number of rotatable bonds is 4. The minimum atomic E-state index is -4.48. The van der Waals surface area contributed by atoms with E-state index in [0.717, 1.165) is 37.3 Å². The van der Waals surface area contributed by atoms with Gasteiger partial charge < -0.3 is 5.32 Å². The van der Waals surface area contributed by atoms with E-state index in [1.807, 2.05) is 30.3 Å². The summed E-state index contributed by atoms with van der Waals surface area (Å²) in [7, 11) is 2.10. The minimum Gasteiger partial charge on any atom is -0.343 e. The molecule has 1 amide bonds. The topological polar surface area (TPSA) is 32.3 Å². The van der Waals surface area contributed by atoms with Crippen LogP contribution in [0.1, 0.15) is 58.8 Å². The molecule has 2 aromatic rings. The van der Waals surface area contributed by atoms with Crippen LogP contribution in [0.4, 0.5) is 13.2 Å². The number of carbonyl (C=O) groups is 1. The van der Waals surface area contributed by atoms with E-state index >= 15 is 0 Å². The molecular formula is C23H25F3N2O. The normalized spacial score (nSPS) is 25.2. The molecular weight excluding hydrogens is 377 g/mol. The van der Waals surface area contributed by atoms with E-state index in [-0.39, 0.29) is 22.7 Å². The van der Waals surface area contributed by atoms with Crippen LogP contribution in [0.5, 0.6) is 0 Å². The van der Waals surface area contributed by atoms with Gasteiger partial charge in [0.25, 0.3) is 5.91 Å². The Labute approximate surface area is 168 Å². The molecule has 1 atom stereocenters. The highest BCUT2D eigenvalue weighted by Crippen LogP contribution is 2.51. The Hall–Kier alpha value is -2.34. The molecule has 6 heteroatoms. The van der Waals surface area contributed by atoms with Crippen LogP contribution in [0, 0.1) is 6.92 Å². The first-order valence-corrected chi connectivity index (χ1v) is 9.99. The van der Waals surface area contributed by atoms with Crippen molar-refractivity contribution in [2.75, 3.05) is 7.05 Å². The first kappa shape index (κ1) is 20.0.